The molecule has 1 aliphatic heterocycles. The van der Waals surface area contributed by atoms with Crippen molar-refractivity contribution in [2.24, 2.45) is 0 Å². The average Bonchev–Trinajstić information content (AvgIpc) is 3.14. The Morgan fingerprint density at radius 3 is 2.71 bits per heavy atom. The molecule has 0 unspecified atom stereocenters. The summed E-state index contributed by atoms with van der Waals surface area (Å²) in [4.78, 5) is 17.4. The molecule has 1 aromatic carbocycles. The predicted octanol–water partition coefficient (Wildman–Crippen LogP) is 3.95. The molecule has 4 aliphatic carbocycles. The SMILES string of the molecule is O=C(NC12CC(c3cn([C@H]4C[C@@H](OC(F)(F)F)C4)cn3)(C1)C2)[C@H]1C[C@@H](O)c2cc(Cl)ccc2O1. The summed E-state index contributed by atoms with van der Waals surface area (Å²) >= 11 is 5.98. The first-order chi connectivity index (χ1) is 16.0. The summed E-state index contributed by atoms with van der Waals surface area (Å²) in [6.07, 6.45) is -0.350. The molecule has 11 heteroatoms. The highest BCUT2D eigenvalue weighted by molar-refractivity contribution is 6.30. The van der Waals surface area contributed by atoms with Crippen LogP contribution in [0.25, 0.3) is 0 Å². The van der Waals surface area contributed by atoms with Crippen LogP contribution in [0.1, 0.15) is 61.9 Å². The zero-order chi connectivity index (χ0) is 23.9. The van der Waals surface area contributed by atoms with E-state index in [9.17, 15) is 23.1 Å². The number of fused-ring (bicyclic) bond motifs is 1. The molecule has 0 radical (unpaired) electrons. The van der Waals surface area contributed by atoms with Gasteiger partial charge >= 0.3 is 6.36 Å². The molecule has 0 spiro atoms. The van der Waals surface area contributed by atoms with Crippen LogP contribution in [0, 0.1) is 0 Å². The van der Waals surface area contributed by atoms with Gasteiger partial charge in [-0.25, -0.2) is 4.98 Å². The second kappa shape index (κ2) is 7.35. The molecule has 182 valence electrons. The van der Waals surface area contributed by atoms with Gasteiger partial charge < -0.3 is 19.7 Å². The first-order valence-electron chi connectivity index (χ1n) is 11.3. The molecule has 2 atom stereocenters. The van der Waals surface area contributed by atoms with Crippen LogP contribution >= 0.6 is 11.6 Å². The topological polar surface area (TPSA) is 85.6 Å². The van der Waals surface area contributed by atoms with E-state index in [0.29, 0.717) is 29.2 Å². The summed E-state index contributed by atoms with van der Waals surface area (Å²) < 4.78 is 48.7. The summed E-state index contributed by atoms with van der Waals surface area (Å²) in [6, 6.07) is 4.92. The minimum atomic E-state index is -4.60. The number of benzene rings is 1. The number of imidazole rings is 1. The highest BCUT2D eigenvalue weighted by atomic mass is 35.5. The van der Waals surface area contributed by atoms with Crippen LogP contribution in [-0.4, -0.2) is 44.7 Å². The largest absolute Gasteiger partial charge is 0.522 e. The fourth-order valence-electron chi connectivity index (χ4n) is 5.99. The number of aliphatic hydroxyl groups excluding tert-OH is 1. The van der Waals surface area contributed by atoms with Gasteiger partial charge in [-0.2, -0.15) is 0 Å². The van der Waals surface area contributed by atoms with Gasteiger partial charge in [-0.05, 0) is 50.3 Å². The lowest BCUT2D eigenvalue weighted by Crippen LogP contribution is -2.77. The molecule has 34 heavy (non-hydrogen) atoms. The van der Waals surface area contributed by atoms with E-state index in [0.717, 1.165) is 25.0 Å². The molecule has 0 saturated heterocycles. The summed E-state index contributed by atoms with van der Waals surface area (Å²) in [6.45, 7) is 0. The van der Waals surface area contributed by atoms with Gasteiger partial charge in [0, 0.05) is 40.2 Å². The minimum absolute atomic E-state index is 0.0396. The predicted molar refractivity (Wildman–Crippen MR) is 113 cm³/mol. The number of hydrogen-bond donors (Lipinski definition) is 2. The Kier molecular flexibility index (Phi) is 4.80. The molecule has 7 nitrogen and oxygen atoms in total. The monoisotopic (exact) mass is 497 g/mol. The Morgan fingerprint density at radius 1 is 1.26 bits per heavy atom. The molecule has 7 rings (SSSR count). The number of hydrogen-bond acceptors (Lipinski definition) is 5. The Balaban J connectivity index is 1.03. The molecule has 2 aromatic rings. The molecule has 5 aliphatic rings. The fourth-order valence-corrected chi connectivity index (χ4v) is 6.17. The number of nitrogens with zero attached hydrogens (tertiary/aromatic N) is 2. The number of aromatic nitrogens is 2. The first-order valence-corrected chi connectivity index (χ1v) is 11.7. The maximum Gasteiger partial charge on any atom is 0.522 e. The fraction of sp³-hybridized carbons (Fsp3) is 0.565. The van der Waals surface area contributed by atoms with E-state index in [1.165, 1.54) is 0 Å². The van der Waals surface area contributed by atoms with E-state index in [-0.39, 0.29) is 29.3 Å². The second-order valence-corrected chi connectivity index (χ2v) is 10.6. The molecular formula is C23H23ClF3N3O4. The van der Waals surface area contributed by atoms with Gasteiger partial charge in [0.1, 0.15) is 5.75 Å². The van der Waals surface area contributed by atoms with E-state index >= 15 is 0 Å². The number of aliphatic hydroxyl groups is 1. The van der Waals surface area contributed by atoms with Crippen molar-refractivity contribution in [1.82, 2.24) is 14.9 Å². The van der Waals surface area contributed by atoms with E-state index in [4.69, 9.17) is 16.3 Å². The number of carbonyl (C=O) groups excluding carboxylic acids is 1. The summed E-state index contributed by atoms with van der Waals surface area (Å²) in [5.41, 5.74) is 1.11. The molecule has 2 N–H and O–H groups in total. The number of amides is 1. The number of carbonyl (C=O) groups is 1. The van der Waals surface area contributed by atoms with Gasteiger partial charge in [0.05, 0.1) is 24.2 Å². The van der Waals surface area contributed by atoms with Crippen LogP contribution in [0.15, 0.2) is 30.7 Å². The third-order valence-electron chi connectivity index (χ3n) is 7.69. The third-order valence-corrected chi connectivity index (χ3v) is 7.92. The number of nitrogens with one attached hydrogen (secondary N) is 1. The second-order valence-electron chi connectivity index (χ2n) is 10.1. The molecule has 2 bridgehead atoms. The van der Waals surface area contributed by atoms with Crippen molar-refractivity contribution in [3.63, 3.8) is 0 Å². The third kappa shape index (κ3) is 3.67. The summed E-state index contributed by atoms with van der Waals surface area (Å²) in [5.74, 6) is 0.213. The maximum absolute atomic E-state index is 12.9. The highest BCUT2D eigenvalue weighted by Crippen LogP contribution is 2.67. The van der Waals surface area contributed by atoms with Crippen molar-refractivity contribution in [3.8, 4) is 5.75 Å². The van der Waals surface area contributed by atoms with Gasteiger partial charge in [-0.1, -0.05) is 11.6 Å². The van der Waals surface area contributed by atoms with Gasteiger partial charge in [0.25, 0.3) is 5.91 Å². The normalized spacial score (nSPS) is 35.8. The molecule has 4 fully saturated rings. The van der Waals surface area contributed by atoms with E-state index in [2.05, 4.69) is 15.0 Å². The van der Waals surface area contributed by atoms with Gasteiger partial charge in [0.15, 0.2) is 6.10 Å². The van der Waals surface area contributed by atoms with Crippen LogP contribution in [0.3, 0.4) is 0 Å². The Bertz CT molecular complexity index is 1130. The average molecular weight is 498 g/mol. The summed E-state index contributed by atoms with van der Waals surface area (Å²) in [5, 5.41) is 14.0. The van der Waals surface area contributed by atoms with Crippen molar-refractivity contribution in [3.05, 3.63) is 47.0 Å². The lowest BCUT2D eigenvalue weighted by molar-refractivity contribution is -0.353. The van der Waals surface area contributed by atoms with Gasteiger partial charge in [-0.15, -0.1) is 13.2 Å². The van der Waals surface area contributed by atoms with Crippen LogP contribution in [-0.2, 0) is 14.9 Å². The van der Waals surface area contributed by atoms with E-state index in [1.54, 1.807) is 24.5 Å². The molecular weight excluding hydrogens is 475 g/mol. The van der Waals surface area contributed by atoms with Crippen LogP contribution in [0.2, 0.25) is 5.02 Å². The van der Waals surface area contributed by atoms with Crippen molar-refractivity contribution in [1.29, 1.82) is 0 Å². The number of halogens is 4. The molecule has 4 saturated carbocycles. The zero-order valence-electron chi connectivity index (χ0n) is 18.0. The quantitative estimate of drug-likeness (QED) is 0.653. The van der Waals surface area contributed by atoms with E-state index < -0.39 is 24.7 Å². The molecule has 1 aromatic heterocycles. The summed E-state index contributed by atoms with van der Waals surface area (Å²) in [7, 11) is 0. The van der Waals surface area contributed by atoms with Crippen molar-refractivity contribution in [2.45, 2.75) is 80.2 Å². The standard InChI is InChI=1S/C23H23ClF3N3O4/c24-12-1-2-17-15(3-12)16(31)6-18(33-17)20(32)29-22-8-21(9-22,10-22)19-7-30(11-28-19)13-4-14(5-13)34-23(25,26)27/h1-3,7,11,13-14,16,18,31H,4-6,8-10H2,(H,29,32)/t13-,14+,16-,18-,21?,22?/m1/s1. The number of alkyl halides is 3. The van der Waals surface area contributed by atoms with Crippen molar-refractivity contribution < 1.29 is 32.5 Å². The molecule has 1 amide bonds. The minimum Gasteiger partial charge on any atom is -0.480 e. The Hall–Kier alpha value is -2.30. The van der Waals surface area contributed by atoms with E-state index in [1.807, 2.05) is 10.8 Å². The van der Waals surface area contributed by atoms with Crippen LogP contribution in [0.5, 0.6) is 5.75 Å². The first kappa shape index (κ1) is 22.2. The Morgan fingerprint density at radius 2 is 2.00 bits per heavy atom. The Labute approximate surface area is 198 Å². The van der Waals surface area contributed by atoms with Crippen LogP contribution < -0.4 is 10.1 Å². The van der Waals surface area contributed by atoms with Gasteiger partial charge in [0.2, 0.25) is 0 Å². The van der Waals surface area contributed by atoms with Crippen molar-refractivity contribution in [2.75, 3.05) is 0 Å². The lowest BCUT2D eigenvalue weighted by Gasteiger charge is -2.70. The zero-order valence-corrected chi connectivity index (χ0v) is 18.8. The maximum atomic E-state index is 12.9. The number of rotatable bonds is 5. The highest BCUT2D eigenvalue weighted by Gasteiger charge is 2.70. The van der Waals surface area contributed by atoms with Crippen molar-refractivity contribution >= 4 is 17.5 Å². The lowest BCUT2D eigenvalue weighted by atomic mass is 9.38. The van der Waals surface area contributed by atoms with Gasteiger partial charge in [-0.3, -0.25) is 9.53 Å². The smallest absolute Gasteiger partial charge is 0.480 e. The van der Waals surface area contributed by atoms with Crippen LogP contribution in [0.4, 0.5) is 13.2 Å². The molecule has 2 heterocycles. The number of ether oxygens (including phenoxy) is 2.